The highest BCUT2D eigenvalue weighted by atomic mass is 16.1. The summed E-state index contributed by atoms with van der Waals surface area (Å²) < 4.78 is 1.68. The third kappa shape index (κ3) is 3.46. The Morgan fingerprint density at radius 2 is 2.04 bits per heavy atom. The Labute approximate surface area is 141 Å². The molecule has 128 valence electrons. The maximum absolute atomic E-state index is 12.5. The van der Waals surface area contributed by atoms with Crippen molar-refractivity contribution in [2.75, 3.05) is 11.9 Å². The number of nitrogens with zero attached hydrogens (tertiary/aromatic N) is 4. The molecular weight excluding hydrogens is 304 g/mol. The van der Waals surface area contributed by atoms with Crippen molar-refractivity contribution in [3.8, 4) is 5.69 Å². The fourth-order valence-corrected chi connectivity index (χ4v) is 3.27. The zero-order chi connectivity index (χ0) is 17.1. The summed E-state index contributed by atoms with van der Waals surface area (Å²) >= 11 is 0. The fourth-order valence-electron chi connectivity index (χ4n) is 3.27. The Balaban J connectivity index is 1.72. The summed E-state index contributed by atoms with van der Waals surface area (Å²) in [5, 5.41) is 14.6. The summed E-state index contributed by atoms with van der Waals surface area (Å²) in [4.78, 5) is 12.5. The van der Waals surface area contributed by atoms with E-state index in [2.05, 4.69) is 20.8 Å². The molecule has 7 nitrogen and oxygen atoms in total. The lowest BCUT2D eigenvalue weighted by molar-refractivity contribution is -0.121. The molecule has 0 atom stereocenters. The predicted octanol–water partition coefficient (Wildman–Crippen LogP) is 1.98. The SMILES string of the molecule is Cc1ccc(NC(=O)C2CCC(CN)CC2)cc1-n1nnnc1C. The standard InChI is InChI=1S/C17H24N6O/c1-11-3-8-15(9-16(11)23-12(2)20-21-22-23)19-17(24)14-6-4-13(10-18)5-7-14/h3,8-9,13-14H,4-7,10,18H2,1-2H3,(H,19,24). The molecule has 1 fully saturated rings. The molecule has 1 aliphatic carbocycles. The summed E-state index contributed by atoms with van der Waals surface area (Å²) in [5.41, 5.74) is 8.42. The number of amides is 1. The van der Waals surface area contributed by atoms with Crippen molar-refractivity contribution in [2.45, 2.75) is 39.5 Å². The Bertz CT molecular complexity index is 718. The number of anilines is 1. The molecule has 2 aromatic rings. The fraction of sp³-hybridized carbons (Fsp3) is 0.529. The van der Waals surface area contributed by atoms with Crippen LogP contribution in [0.1, 0.15) is 37.1 Å². The van der Waals surface area contributed by atoms with Gasteiger partial charge in [0.1, 0.15) is 0 Å². The lowest BCUT2D eigenvalue weighted by Crippen LogP contribution is -2.29. The lowest BCUT2D eigenvalue weighted by atomic mass is 9.81. The van der Waals surface area contributed by atoms with Crippen LogP contribution in [0.2, 0.25) is 0 Å². The number of tetrazole rings is 1. The molecule has 3 N–H and O–H groups in total. The van der Waals surface area contributed by atoms with Gasteiger partial charge in [0.15, 0.2) is 5.82 Å². The third-order valence-corrected chi connectivity index (χ3v) is 4.88. The lowest BCUT2D eigenvalue weighted by Gasteiger charge is -2.26. The van der Waals surface area contributed by atoms with E-state index in [0.717, 1.165) is 49.2 Å². The predicted molar refractivity (Wildman–Crippen MR) is 91.8 cm³/mol. The van der Waals surface area contributed by atoms with Gasteiger partial charge in [0.25, 0.3) is 0 Å². The van der Waals surface area contributed by atoms with Crippen LogP contribution in [0.3, 0.4) is 0 Å². The van der Waals surface area contributed by atoms with Crippen molar-refractivity contribution >= 4 is 11.6 Å². The molecule has 1 aromatic carbocycles. The van der Waals surface area contributed by atoms with E-state index < -0.39 is 0 Å². The van der Waals surface area contributed by atoms with E-state index in [9.17, 15) is 4.79 Å². The van der Waals surface area contributed by atoms with Crippen molar-refractivity contribution in [1.82, 2.24) is 20.2 Å². The van der Waals surface area contributed by atoms with Crippen molar-refractivity contribution in [3.05, 3.63) is 29.6 Å². The molecule has 1 aliphatic rings. The highest BCUT2D eigenvalue weighted by Crippen LogP contribution is 2.29. The number of carbonyl (C=O) groups excluding carboxylic acids is 1. The largest absolute Gasteiger partial charge is 0.330 e. The molecule has 1 amide bonds. The van der Waals surface area contributed by atoms with E-state index in [1.54, 1.807) is 4.68 Å². The normalized spacial score (nSPS) is 20.8. The monoisotopic (exact) mass is 328 g/mol. The van der Waals surface area contributed by atoms with E-state index in [4.69, 9.17) is 5.73 Å². The van der Waals surface area contributed by atoms with Crippen molar-refractivity contribution in [2.24, 2.45) is 17.6 Å². The Kier molecular flexibility index (Phi) is 4.89. The average Bonchev–Trinajstić information content (AvgIpc) is 3.02. The number of hydrogen-bond donors (Lipinski definition) is 2. The van der Waals surface area contributed by atoms with Crippen molar-refractivity contribution in [3.63, 3.8) is 0 Å². The molecular formula is C17H24N6O. The Morgan fingerprint density at radius 1 is 1.29 bits per heavy atom. The second-order valence-electron chi connectivity index (χ2n) is 6.58. The highest BCUT2D eigenvalue weighted by molar-refractivity contribution is 5.92. The smallest absolute Gasteiger partial charge is 0.227 e. The number of aromatic nitrogens is 4. The molecule has 7 heteroatoms. The summed E-state index contributed by atoms with van der Waals surface area (Å²) in [6.07, 6.45) is 3.91. The molecule has 1 saturated carbocycles. The third-order valence-electron chi connectivity index (χ3n) is 4.88. The summed E-state index contributed by atoms with van der Waals surface area (Å²) in [5.74, 6) is 1.45. The number of hydrogen-bond acceptors (Lipinski definition) is 5. The Hall–Kier alpha value is -2.28. The minimum Gasteiger partial charge on any atom is -0.330 e. The van der Waals surface area contributed by atoms with E-state index >= 15 is 0 Å². The molecule has 24 heavy (non-hydrogen) atoms. The molecule has 1 heterocycles. The highest BCUT2D eigenvalue weighted by Gasteiger charge is 2.25. The first kappa shape index (κ1) is 16.6. The van der Waals surface area contributed by atoms with E-state index in [1.807, 2.05) is 32.0 Å². The number of benzene rings is 1. The van der Waals surface area contributed by atoms with Gasteiger partial charge in [0.05, 0.1) is 5.69 Å². The van der Waals surface area contributed by atoms with Gasteiger partial charge in [-0.3, -0.25) is 4.79 Å². The molecule has 0 unspecified atom stereocenters. The maximum Gasteiger partial charge on any atom is 0.227 e. The van der Waals surface area contributed by atoms with Crippen LogP contribution in [0.5, 0.6) is 0 Å². The van der Waals surface area contributed by atoms with Crippen LogP contribution in [0, 0.1) is 25.7 Å². The van der Waals surface area contributed by atoms with Crippen molar-refractivity contribution in [1.29, 1.82) is 0 Å². The second-order valence-corrected chi connectivity index (χ2v) is 6.58. The minimum absolute atomic E-state index is 0.0762. The quantitative estimate of drug-likeness (QED) is 0.894. The first-order valence-electron chi connectivity index (χ1n) is 8.45. The van der Waals surface area contributed by atoms with Gasteiger partial charge >= 0.3 is 0 Å². The number of rotatable bonds is 4. The van der Waals surface area contributed by atoms with Gasteiger partial charge in [-0.2, -0.15) is 4.68 Å². The number of carbonyl (C=O) groups is 1. The van der Waals surface area contributed by atoms with Gasteiger partial charge in [0, 0.05) is 11.6 Å². The zero-order valence-corrected chi connectivity index (χ0v) is 14.2. The van der Waals surface area contributed by atoms with Crippen molar-refractivity contribution < 1.29 is 4.79 Å². The van der Waals surface area contributed by atoms with Crippen LogP contribution in [0.25, 0.3) is 5.69 Å². The van der Waals surface area contributed by atoms with Gasteiger partial charge in [-0.15, -0.1) is 5.10 Å². The number of nitrogens with two attached hydrogens (primary N) is 1. The number of nitrogens with one attached hydrogen (secondary N) is 1. The van der Waals surface area contributed by atoms with Crippen LogP contribution in [-0.2, 0) is 4.79 Å². The van der Waals surface area contributed by atoms with Crippen LogP contribution >= 0.6 is 0 Å². The average molecular weight is 328 g/mol. The van der Waals surface area contributed by atoms with Crippen LogP contribution in [-0.4, -0.2) is 32.7 Å². The zero-order valence-electron chi connectivity index (χ0n) is 14.2. The van der Waals surface area contributed by atoms with Gasteiger partial charge in [0.2, 0.25) is 5.91 Å². The molecule has 3 rings (SSSR count). The molecule has 0 saturated heterocycles. The minimum atomic E-state index is 0.0762. The van der Waals surface area contributed by atoms with E-state index in [1.165, 1.54) is 0 Å². The first-order chi connectivity index (χ1) is 11.6. The van der Waals surface area contributed by atoms with Crippen LogP contribution in [0.15, 0.2) is 18.2 Å². The summed E-state index contributed by atoms with van der Waals surface area (Å²) in [6, 6.07) is 5.81. The van der Waals surface area contributed by atoms with Gasteiger partial charge in [-0.25, -0.2) is 0 Å². The van der Waals surface area contributed by atoms with E-state index in [0.29, 0.717) is 11.7 Å². The van der Waals surface area contributed by atoms with E-state index in [-0.39, 0.29) is 11.8 Å². The molecule has 0 aliphatic heterocycles. The topological polar surface area (TPSA) is 98.7 Å². The summed E-state index contributed by atoms with van der Waals surface area (Å²) in [6.45, 7) is 4.57. The molecule has 0 bridgehead atoms. The molecule has 0 spiro atoms. The van der Waals surface area contributed by atoms with Gasteiger partial charge in [-0.05, 0) is 80.1 Å². The van der Waals surface area contributed by atoms with Crippen LogP contribution in [0.4, 0.5) is 5.69 Å². The van der Waals surface area contributed by atoms with Gasteiger partial charge in [-0.1, -0.05) is 6.07 Å². The summed E-state index contributed by atoms with van der Waals surface area (Å²) in [7, 11) is 0. The van der Waals surface area contributed by atoms with Crippen LogP contribution < -0.4 is 11.1 Å². The first-order valence-corrected chi connectivity index (χ1v) is 8.45. The second kappa shape index (κ2) is 7.09. The van der Waals surface area contributed by atoms with Gasteiger partial charge < -0.3 is 11.1 Å². The molecule has 1 aromatic heterocycles. The maximum atomic E-state index is 12.5. The number of aryl methyl sites for hydroxylation is 2. The molecule has 0 radical (unpaired) electrons. The Morgan fingerprint density at radius 3 is 2.67 bits per heavy atom.